The molecule has 212 valence electrons. The maximum Gasteiger partial charge on any atom is 0.252 e. The number of hydrogen-bond donors (Lipinski definition) is 2. The van der Waals surface area contributed by atoms with E-state index in [9.17, 15) is 9.59 Å². The van der Waals surface area contributed by atoms with Gasteiger partial charge in [-0.2, -0.15) is 0 Å². The highest BCUT2D eigenvalue weighted by Crippen LogP contribution is 2.04. The van der Waals surface area contributed by atoms with E-state index in [1.807, 2.05) is 6.08 Å². The third-order valence-electron chi connectivity index (χ3n) is 5.22. The normalized spacial score (nSPS) is 12.3. The smallest absolute Gasteiger partial charge is 0.252 e. The van der Waals surface area contributed by atoms with E-state index in [4.69, 9.17) is 16.3 Å². The van der Waals surface area contributed by atoms with Gasteiger partial charge in [0.25, 0.3) is 5.91 Å². The van der Waals surface area contributed by atoms with Crippen LogP contribution in [0, 0.1) is 0 Å². The lowest BCUT2D eigenvalue weighted by Crippen LogP contribution is -2.30. The summed E-state index contributed by atoms with van der Waals surface area (Å²) < 4.78 is 5.43. The Morgan fingerprint density at radius 1 is 0.769 bits per heavy atom. The molecule has 1 aromatic heterocycles. The number of halogens is 1. The molecule has 0 aliphatic carbocycles. The van der Waals surface area contributed by atoms with Crippen LogP contribution in [0.1, 0.15) is 68.6 Å². The summed E-state index contributed by atoms with van der Waals surface area (Å²) in [5.74, 6) is -0.230. The van der Waals surface area contributed by atoms with Crippen LogP contribution in [-0.2, 0) is 9.53 Å². The first kappa shape index (κ1) is 33.8. The standard InChI is InChI=1S/C32H44ClN3O3/c1-2-3-4-5-6-7-8-9-10-11-12-13-14-15-16-17-18-19-20-21-31(37)34-24-26-39-27-25-35-32(38)29-22-23-30(33)36-28-29/h3-4,6-7,9-10,12-13,15-16,18-19,22-23,28H,2,5,8,11,14,17,20-21,24-27H2,1H3,(H,34,37)(H,35,38). The molecule has 0 atom stereocenters. The Labute approximate surface area is 239 Å². The molecule has 0 aromatic carbocycles. The lowest BCUT2D eigenvalue weighted by atomic mass is 10.2. The number of aromatic nitrogens is 1. The molecule has 0 unspecified atom stereocenters. The zero-order valence-electron chi connectivity index (χ0n) is 23.2. The van der Waals surface area contributed by atoms with E-state index in [-0.39, 0.29) is 11.8 Å². The van der Waals surface area contributed by atoms with Gasteiger partial charge in [0.15, 0.2) is 0 Å². The van der Waals surface area contributed by atoms with E-state index in [0.29, 0.717) is 49.9 Å². The van der Waals surface area contributed by atoms with Crippen molar-refractivity contribution in [1.29, 1.82) is 0 Å². The minimum Gasteiger partial charge on any atom is -0.378 e. The van der Waals surface area contributed by atoms with Gasteiger partial charge in [-0.15, -0.1) is 0 Å². The Morgan fingerprint density at radius 3 is 1.79 bits per heavy atom. The molecule has 1 aromatic rings. The number of carbonyl (C=O) groups is 2. The van der Waals surface area contributed by atoms with Crippen LogP contribution in [0.4, 0.5) is 0 Å². The molecule has 6 nitrogen and oxygen atoms in total. The Balaban J connectivity index is 1.92. The first-order valence-corrected chi connectivity index (χ1v) is 14.2. The van der Waals surface area contributed by atoms with E-state index >= 15 is 0 Å². The van der Waals surface area contributed by atoms with Gasteiger partial charge in [-0.1, -0.05) is 91.4 Å². The second kappa shape index (κ2) is 25.1. The molecule has 0 aliphatic heterocycles. The van der Waals surface area contributed by atoms with Crippen LogP contribution in [0.5, 0.6) is 0 Å². The number of hydrogen-bond acceptors (Lipinski definition) is 4. The maximum absolute atomic E-state index is 11.9. The zero-order valence-corrected chi connectivity index (χ0v) is 24.0. The van der Waals surface area contributed by atoms with Crippen molar-refractivity contribution in [3.63, 3.8) is 0 Å². The predicted molar refractivity (Wildman–Crippen MR) is 163 cm³/mol. The quantitative estimate of drug-likeness (QED) is 0.0968. The maximum atomic E-state index is 11.9. The van der Waals surface area contributed by atoms with Crippen molar-refractivity contribution < 1.29 is 14.3 Å². The summed E-state index contributed by atoms with van der Waals surface area (Å²) in [5, 5.41) is 5.92. The summed E-state index contributed by atoms with van der Waals surface area (Å²) in [6.07, 6.45) is 34.4. The lowest BCUT2D eigenvalue weighted by Gasteiger charge is -2.07. The average molecular weight is 554 g/mol. The molecular weight excluding hydrogens is 510 g/mol. The van der Waals surface area contributed by atoms with E-state index in [1.165, 1.54) is 6.20 Å². The van der Waals surface area contributed by atoms with Crippen molar-refractivity contribution in [3.8, 4) is 0 Å². The van der Waals surface area contributed by atoms with Crippen molar-refractivity contribution in [2.24, 2.45) is 0 Å². The number of nitrogens with zero attached hydrogens (tertiary/aromatic N) is 1. The summed E-state index contributed by atoms with van der Waals surface area (Å²) >= 11 is 5.71. The van der Waals surface area contributed by atoms with Crippen molar-refractivity contribution in [1.82, 2.24) is 15.6 Å². The van der Waals surface area contributed by atoms with Crippen molar-refractivity contribution >= 4 is 23.4 Å². The summed E-state index contributed by atoms with van der Waals surface area (Å²) in [6, 6.07) is 3.18. The van der Waals surface area contributed by atoms with Gasteiger partial charge in [0.1, 0.15) is 5.15 Å². The minimum atomic E-state index is -0.231. The van der Waals surface area contributed by atoms with Gasteiger partial charge in [0.2, 0.25) is 5.91 Å². The molecule has 0 bridgehead atoms. The minimum absolute atomic E-state index is 0.00155. The number of ether oxygens (including phenoxy) is 1. The summed E-state index contributed by atoms with van der Waals surface area (Å²) in [5.41, 5.74) is 0.443. The molecule has 0 spiro atoms. The summed E-state index contributed by atoms with van der Waals surface area (Å²) in [7, 11) is 0. The van der Waals surface area contributed by atoms with Crippen LogP contribution in [0.15, 0.2) is 91.2 Å². The Kier molecular flexibility index (Phi) is 21.7. The van der Waals surface area contributed by atoms with Gasteiger partial charge in [0, 0.05) is 25.7 Å². The van der Waals surface area contributed by atoms with Crippen molar-refractivity contribution in [2.75, 3.05) is 26.3 Å². The molecule has 39 heavy (non-hydrogen) atoms. The molecule has 1 rings (SSSR count). The van der Waals surface area contributed by atoms with Crippen LogP contribution in [0.3, 0.4) is 0 Å². The molecule has 0 saturated heterocycles. The lowest BCUT2D eigenvalue weighted by molar-refractivity contribution is -0.121. The Hall–Kier alpha value is -3.22. The number of carbonyl (C=O) groups excluding carboxylic acids is 2. The fraction of sp³-hybridized carbons (Fsp3) is 0.406. The first-order valence-electron chi connectivity index (χ1n) is 13.8. The summed E-state index contributed by atoms with van der Waals surface area (Å²) in [6.45, 7) is 3.72. The third-order valence-corrected chi connectivity index (χ3v) is 5.45. The zero-order chi connectivity index (χ0) is 28.2. The van der Waals surface area contributed by atoms with Gasteiger partial charge < -0.3 is 15.4 Å². The number of amides is 2. The fourth-order valence-electron chi connectivity index (χ4n) is 3.16. The van der Waals surface area contributed by atoms with E-state index in [0.717, 1.165) is 38.5 Å². The average Bonchev–Trinajstić information content (AvgIpc) is 2.94. The highest BCUT2D eigenvalue weighted by atomic mass is 35.5. The van der Waals surface area contributed by atoms with Crippen LogP contribution in [0.2, 0.25) is 5.15 Å². The SMILES string of the molecule is CCC=CCC=CCC=CCC=CCC=CCC=CCCC(=O)NCCOCCNC(=O)c1ccc(Cl)nc1. The Bertz CT molecular complexity index is 963. The number of pyridine rings is 1. The molecule has 1 heterocycles. The number of allylic oxidation sites excluding steroid dienone is 12. The molecule has 0 aliphatic rings. The topological polar surface area (TPSA) is 80.3 Å². The van der Waals surface area contributed by atoms with Gasteiger partial charge in [-0.25, -0.2) is 4.98 Å². The molecule has 7 heteroatoms. The van der Waals surface area contributed by atoms with Crippen LogP contribution in [0.25, 0.3) is 0 Å². The van der Waals surface area contributed by atoms with Gasteiger partial charge in [-0.3, -0.25) is 9.59 Å². The van der Waals surface area contributed by atoms with Gasteiger partial charge in [0.05, 0.1) is 18.8 Å². The molecule has 0 fully saturated rings. The second-order valence-corrected chi connectivity index (χ2v) is 8.93. The van der Waals surface area contributed by atoms with E-state index in [2.05, 4.69) is 89.4 Å². The molecule has 2 N–H and O–H groups in total. The highest BCUT2D eigenvalue weighted by Gasteiger charge is 2.05. The number of rotatable bonds is 21. The second-order valence-electron chi connectivity index (χ2n) is 8.54. The summed E-state index contributed by atoms with van der Waals surface area (Å²) in [4.78, 5) is 27.7. The van der Waals surface area contributed by atoms with Crippen molar-refractivity contribution in [3.05, 3.63) is 102 Å². The third kappa shape index (κ3) is 21.4. The monoisotopic (exact) mass is 553 g/mol. The molecular formula is C32H44ClN3O3. The van der Waals surface area contributed by atoms with Crippen LogP contribution < -0.4 is 10.6 Å². The van der Waals surface area contributed by atoms with Gasteiger partial charge in [-0.05, 0) is 57.1 Å². The Morgan fingerprint density at radius 2 is 1.28 bits per heavy atom. The van der Waals surface area contributed by atoms with E-state index in [1.54, 1.807) is 12.1 Å². The molecule has 0 radical (unpaired) electrons. The van der Waals surface area contributed by atoms with E-state index < -0.39 is 0 Å². The predicted octanol–water partition coefficient (Wildman–Crippen LogP) is 7.08. The number of nitrogens with one attached hydrogen (secondary N) is 2. The van der Waals surface area contributed by atoms with Gasteiger partial charge >= 0.3 is 0 Å². The van der Waals surface area contributed by atoms with Crippen LogP contribution >= 0.6 is 11.6 Å². The highest BCUT2D eigenvalue weighted by molar-refractivity contribution is 6.29. The molecule has 0 saturated carbocycles. The molecule has 2 amide bonds. The first-order chi connectivity index (χ1) is 19.1. The fourth-order valence-corrected chi connectivity index (χ4v) is 3.27. The van der Waals surface area contributed by atoms with Crippen molar-refractivity contribution in [2.45, 2.75) is 58.3 Å². The van der Waals surface area contributed by atoms with Crippen LogP contribution in [-0.4, -0.2) is 43.1 Å². The largest absolute Gasteiger partial charge is 0.378 e.